The Bertz CT molecular complexity index is 307. The molecule has 0 spiro atoms. The second kappa shape index (κ2) is 5.04. The van der Waals surface area contributed by atoms with Crippen molar-refractivity contribution in [2.75, 3.05) is 6.61 Å². The first-order valence-electron chi connectivity index (χ1n) is 4.38. The Hall–Kier alpha value is -0.200. The topological polar surface area (TPSA) is 46.2 Å². The van der Waals surface area contributed by atoms with Crippen LogP contribution in [0.3, 0.4) is 0 Å². The molecule has 0 aliphatic rings. The molecule has 1 aromatic carbocycles. The van der Waals surface area contributed by atoms with Gasteiger partial charge in [0.2, 0.25) is 0 Å². The molecule has 0 aliphatic heterocycles. The van der Waals surface area contributed by atoms with E-state index in [9.17, 15) is 4.39 Å². The SMILES string of the molecule is Cc1c(F)cc([C@H](N)CCO)cc1I. The lowest BCUT2D eigenvalue weighted by Gasteiger charge is -2.12. The van der Waals surface area contributed by atoms with E-state index in [4.69, 9.17) is 10.8 Å². The second-order valence-corrected chi connectivity index (χ2v) is 4.39. The first kappa shape index (κ1) is 11.9. The van der Waals surface area contributed by atoms with Gasteiger partial charge in [-0.25, -0.2) is 4.39 Å². The summed E-state index contributed by atoms with van der Waals surface area (Å²) in [6.07, 6.45) is 0.457. The maximum atomic E-state index is 13.3. The molecule has 0 saturated carbocycles. The van der Waals surface area contributed by atoms with Crippen LogP contribution in [0, 0.1) is 16.3 Å². The fraction of sp³-hybridized carbons (Fsp3) is 0.400. The van der Waals surface area contributed by atoms with Gasteiger partial charge in [0, 0.05) is 16.2 Å². The van der Waals surface area contributed by atoms with Crippen molar-refractivity contribution in [3.63, 3.8) is 0 Å². The number of nitrogens with two attached hydrogens (primary N) is 1. The number of hydrogen-bond acceptors (Lipinski definition) is 2. The summed E-state index contributed by atoms with van der Waals surface area (Å²) >= 11 is 2.08. The van der Waals surface area contributed by atoms with Gasteiger partial charge >= 0.3 is 0 Å². The highest BCUT2D eigenvalue weighted by Gasteiger charge is 2.10. The molecule has 0 fully saturated rings. The quantitative estimate of drug-likeness (QED) is 0.840. The number of halogens is 2. The first-order chi connectivity index (χ1) is 6.56. The Labute approximate surface area is 96.5 Å². The Morgan fingerprint density at radius 2 is 2.21 bits per heavy atom. The molecule has 14 heavy (non-hydrogen) atoms. The minimum absolute atomic E-state index is 0.0211. The largest absolute Gasteiger partial charge is 0.396 e. The highest BCUT2D eigenvalue weighted by Crippen LogP contribution is 2.22. The molecule has 0 unspecified atom stereocenters. The van der Waals surface area contributed by atoms with Gasteiger partial charge in [-0.3, -0.25) is 0 Å². The van der Waals surface area contributed by atoms with Crippen molar-refractivity contribution in [1.82, 2.24) is 0 Å². The molecule has 0 aliphatic carbocycles. The highest BCUT2D eigenvalue weighted by molar-refractivity contribution is 14.1. The summed E-state index contributed by atoms with van der Waals surface area (Å²) in [5.74, 6) is -0.236. The molecule has 0 radical (unpaired) electrons. The van der Waals surface area contributed by atoms with Crippen LogP contribution < -0.4 is 5.73 Å². The van der Waals surface area contributed by atoms with Crippen LogP contribution in [0.4, 0.5) is 4.39 Å². The first-order valence-corrected chi connectivity index (χ1v) is 5.46. The van der Waals surface area contributed by atoms with Crippen molar-refractivity contribution >= 4 is 22.6 Å². The van der Waals surface area contributed by atoms with Crippen molar-refractivity contribution < 1.29 is 9.50 Å². The van der Waals surface area contributed by atoms with E-state index in [-0.39, 0.29) is 18.5 Å². The molecule has 1 rings (SSSR count). The maximum absolute atomic E-state index is 13.3. The van der Waals surface area contributed by atoms with Crippen molar-refractivity contribution in [2.45, 2.75) is 19.4 Å². The molecule has 78 valence electrons. The average molecular weight is 309 g/mol. The van der Waals surface area contributed by atoms with E-state index in [1.165, 1.54) is 6.07 Å². The Morgan fingerprint density at radius 3 is 2.71 bits per heavy atom. The maximum Gasteiger partial charge on any atom is 0.127 e. The molecular weight excluding hydrogens is 296 g/mol. The number of rotatable bonds is 3. The monoisotopic (exact) mass is 309 g/mol. The predicted octanol–water partition coefficient (Wildman–Crippen LogP) is 2.12. The van der Waals surface area contributed by atoms with Gasteiger partial charge in [-0.15, -0.1) is 0 Å². The van der Waals surface area contributed by atoms with Gasteiger partial charge in [-0.1, -0.05) is 0 Å². The number of hydrogen-bond donors (Lipinski definition) is 2. The summed E-state index contributed by atoms with van der Waals surface area (Å²) < 4.78 is 14.2. The molecule has 0 bridgehead atoms. The van der Waals surface area contributed by atoms with E-state index >= 15 is 0 Å². The Kier molecular flexibility index (Phi) is 4.28. The van der Waals surface area contributed by atoms with Gasteiger partial charge in [-0.2, -0.15) is 0 Å². The lowest BCUT2D eigenvalue weighted by molar-refractivity contribution is 0.276. The van der Waals surface area contributed by atoms with Crippen LogP contribution in [0.25, 0.3) is 0 Å². The molecule has 0 saturated heterocycles. The molecule has 1 atom stereocenters. The van der Waals surface area contributed by atoms with E-state index in [0.717, 1.165) is 9.13 Å². The van der Waals surface area contributed by atoms with Gasteiger partial charge in [0.15, 0.2) is 0 Å². The van der Waals surface area contributed by atoms with Gasteiger partial charge in [0.25, 0.3) is 0 Å². The minimum Gasteiger partial charge on any atom is -0.396 e. The molecule has 3 N–H and O–H groups in total. The summed E-state index contributed by atoms with van der Waals surface area (Å²) in [5, 5.41) is 8.72. The second-order valence-electron chi connectivity index (χ2n) is 3.23. The molecule has 2 nitrogen and oxygen atoms in total. The third kappa shape index (κ3) is 2.65. The predicted molar refractivity (Wildman–Crippen MR) is 62.5 cm³/mol. The number of benzene rings is 1. The van der Waals surface area contributed by atoms with Crippen molar-refractivity contribution in [3.05, 3.63) is 32.6 Å². The molecule has 0 heterocycles. The van der Waals surface area contributed by atoms with Gasteiger partial charge in [0.05, 0.1) is 0 Å². The van der Waals surface area contributed by atoms with Crippen LogP contribution in [0.1, 0.15) is 23.6 Å². The normalized spacial score (nSPS) is 12.9. The number of aliphatic hydroxyl groups is 1. The van der Waals surface area contributed by atoms with Crippen LogP contribution in [0.15, 0.2) is 12.1 Å². The van der Waals surface area contributed by atoms with Crippen LogP contribution in [0.5, 0.6) is 0 Å². The van der Waals surface area contributed by atoms with Crippen molar-refractivity contribution in [3.8, 4) is 0 Å². The van der Waals surface area contributed by atoms with Gasteiger partial charge in [-0.05, 0) is 59.2 Å². The summed E-state index contributed by atoms with van der Waals surface area (Å²) in [6.45, 7) is 1.76. The van der Waals surface area contributed by atoms with Crippen LogP contribution in [-0.2, 0) is 0 Å². The summed E-state index contributed by atoms with van der Waals surface area (Å²) in [5.41, 5.74) is 7.15. The van der Waals surface area contributed by atoms with E-state index in [2.05, 4.69) is 22.6 Å². The third-order valence-electron chi connectivity index (χ3n) is 2.17. The van der Waals surface area contributed by atoms with Crippen LogP contribution in [0.2, 0.25) is 0 Å². The zero-order valence-electron chi connectivity index (χ0n) is 7.93. The zero-order chi connectivity index (χ0) is 10.7. The average Bonchev–Trinajstić information content (AvgIpc) is 2.13. The third-order valence-corrected chi connectivity index (χ3v) is 3.29. The summed E-state index contributed by atoms with van der Waals surface area (Å²) in [6, 6.07) is 3.01. The van der Waals surface area contributed by atoms with Crippen molar-refractivity contribution in [2.24, 2.45) is 5.73 Å². The van der Waals surface area contributed by atoms with E-state index < -0.39 is 0 Å². The fourth-order valence-corrected chi connectivity index (χ4v) is 1.80. The van der Waals surface area contributed by atoms with E-state index in [1.54, 1.807) is 6.92 Å². The minimum atomic E-state index is -0.288. The van der Waals surface area contributed by atoms with E-state index in [0.29, 0.717) is 12.0 Å². The van der Waals surface area contributed by atoms with Crippen LogP contribution in [-0.4, -0.2) is 11.7 Å². The molecule has 4 heteroatoms. The Morgan fingerprint density at radius 1 is 1.57 bits per heavy atom. The van der Waals surface area contributed by atoms with E-state index in [1.807, 2.05) is 6.07 Å². The fourth-order valence-electron chi connectivity index (χ4n) is 1.18. The lowest BCUT2D eigenvalue weighted by atomic mass is 10.0. The van der Waals surface area contributed by atoms with Gasteiger partial charge in [0.1, 0.15) is 5.82 Å². The number of aliphatic hydroxyl groups excluding tert-OH is 1. The van der Waals surface area contributed by atoms with Crippen molar-refractivity contribution in [1.29, 1.82) is 0 Å². The summed E-state index contributed by atoms with van der Waals surface area (Å²) in [4.78, 5) is 0. The van der Waals surface area contributed by atoms with Gasteiger partial charge < -0.3 is 10.8 Å². The molecule has 0 aromatic heterocycles. The molecule has 0 amide bonds. The molecule has 1 aromatic rings. The summed E-state index contributed by atoms with van der Waals surface area (Å²) in [7, 11) is 0. The smallest absolute Gasteiger partial charge is 0.127 e. The Balaban J connectivity index is 3.00. The highest BCUT2D eigenvalue weighted by atomic mass is 127. The zero-order valence-corrected chi connectivity index (χ0v) is 10.1. The standard InChI is InChI=1S/C10H13FINO/c1-6-8(11)4-7(5-9(6)12)10(13)2-3-14/h4-5,10,14H,2-3,13H2,1H3/t10-/m1/s1. The molecular formula is C10H13FINO. The van der Waals surface area contributed by atoms with Crippen LogP contribution >= 0.6 is 22.6 Å². The lowest BCUT2D eigenvalue weighted by Crippen LogP contribution is -2.12.